The van der Waals surface area contributed by atoms with Gasteiger partial charge in [0.05, 0.1) is 24.0 Å². The minimum absolute atomic E-state index is 0.0275. The summed E-state index contributed by atoms with van der Waals surface area (Å²) in [4.78, 5) is 33.7. The van der Waals surface area contributed by atoms with Crippen LogP contribution in [-0.4, -0.2) is 79.4 Å². The molecule has 40 heavy (non-hydrogen) atoms. The molecule has 2 aromatic rings. The van der Waals surface area contributed by atoms with E-state index in [-0.39, 0.29) is 29.6 Å². The summed E-state index contributed by atoms with van der Waals surface area (Å²) in [6.45, 7) is 10.7. The highest BCUT2D eigenvalue weighted by atomic mass is 19.1. The number of rotatable bonds is 8. The SMILES string of the molecule is CCN1CCC(C(C(=O)O)c2ccc(Nc3ncc(F)c(C4=CC5C(N=C(C)N5C(C)C)C(F)=C4)n3)nc2)CC1. The molecule has 2 aliphatic heterocycles. The molecule has 0 amide bonds. The number of carbonyl (C=O) groups is 1. The highest BCUT2D eigenvalue weighted by molar-refractivity contribution is 5.86. The summed E-state index contributed by atoms with van der Waals surface area (Å²) in [5.74, 6) is -1.34. The maximum absolute atomic E-state index is 15.0. The van der Waals surface area contributed by atoms with Gasteiger partial charge in [-0.15, -0.1) is 0 Å². The molecule has 212 valence electrons. The number of carboxylic acid groups (broad SMARTS) is 1. The molecule has 5 rings (SSSR count). The molecule has 0 saturated carbocycles. The first-order valence-electron chi connectivity index (χ1n) is 13.8. The number of likely N-dealkylation sites (tertiary alicyclic amines) is 1. The Balaban J connectivity index is 1.34. The van der Waals surface area contributed by atoms with Crippen LogP contribution in [0.4, 0.5) is 20.5 Å². The monoisotopic (exact) mass is 551 g/mol. The summed E-state index contributed by atoms with van der Waals surface area (Å²) in [5.41, 5.74) is 0.930. The number of nitrogens with zero attached hydrogens (tertiary/aromatic N) is 6. The van der Waals surface area contributed by atoms with Gasteiger partial charge in [-0.25, -0.2) is 23.7 Å². The van der Waals surface area contributed by atoms with Gasteiger partial charge in [-0.1, -0.05) is 13.0 Å². The molecule has 1 saturated heterocycles. The van der Waals surface area contributed by atoms with E-state index < -0.39 is 29.6 Å². The number of pyridine rings is 1. The van der Waals surface area contributed by atoms with Crippen molar-refractivity contribution >= 4 is 29.1 Å². The van der Waals surface area contributed by atoms with Crippen LogP contribution < -0.4 is 5.32 Å². The maximum atomic E-state index is 15.0. The Bertz CT molecular complexity index is 1350. The van der Waals surface area contributed by atoms with Crippen molar-refractivity contribution < 1.29 is 18.7 Å². The van der Waals surface area contributed by atoms with Gasteiger partial charge in [-0.2, -0.15) is 0 Å². The summed E-state index contributed by atoms with van der Waals surface area (Å²) in [5, 5.41) is 12.9. The summed E-state index contributed by atoms with van der Waals surface area (Å²) >= 11 is 0. The number of nitrogens with one attached hydrogen (secondary N) is 1. The quantitative estimate of drug-likeness (QED) is 0.483. The molecule has 1 fully saturated rings. The van der Waals surface area contributed by atoms with Crippen LogP contribution in [-0.2, 0) is 4.79 Å². The lowest BCUT2D eigenvalue weighted by Gasteiger charge is -2.34. The topological polar surface area (TPSA) is 107 Å². The number of aromatic nitrogens is 3. The van der Waals surface area contributed by atoms with Crippen LogP contribution in [0, 0.1) is 11.7 Å². The lowest BCUT2D eigenvalue weighted by molar-refractivity contribution is -0.140. The number of aliphatic carboxylic acids is 1. The van der Waals surface area contributed by atoms with Crippen LogP contribution in [0.25, 0.3) is 5.57 Å². The second-order valence-corrected chi connectivity index (χ2v) is 10.8. The molecule has 3 unspecified atom stereocenters. The first-order chi connectivity index (χ1) is 19.2. The standard InChI is InChI=1S/C29H35F2N7O2/c1-5-37-10-8-18(9-11-37)25(28(39)40)19-6-7-24(32-14-19)35-29-33-15-22(31)26(36-29)20-12-21(30)27-23(13-20)38(16(2)3)17(4)34-27/h6-7,12-16,18,23,25,27H,5,8-11H2,1-4H3,(H,39,40)(H,32,33,35,36). The molecule has 0 radical (unpaired) electrons. The van der Waals surface area contributed by atoms with Crippen molar-refractivity contribution in [3.8, 4) is 0 Å². The molecule has 1 aliphatic carbocycles. The van der Waals surface area contributed by atoms with Gasteiger partial charge < -0.3 is 20.2 Å². The van der Waals surface area contributed by atoms with Crippen molar-refractivity contribution in [3.63, 3.8) is 0 Å². The zero-order chi connectivity index (χ0) is 28.6. The van der Waals surface area contributed by atoms with E-state index in [1.165, 1.54) is 6.08 Å². The summed E-state index contributed by atoms with van der Waals surface area (Å²) in [7, 11) is 0. The predicted octanol–water partition coefficient (Wildman–Crippen LogP) is 4.78. The average Bonchev–Trinajstić information content (AvgIpc) is 3.27. The van der Waals surface area contributed by atoms with E-state index in [9.17, 15) is 14.3 Å². The first-order valence-corrected chi connectivity index (χ1v) is 13.8. The Morgan fingerprint density at radius 2 is 1.93 bits per heavy atom. The minimum atomic E-state index is -0.855. The molecule has 0 bridgehead atoms. The van der Waals surface area contributed by atoms with Crippen molar-refractivity contribution in [3.05, 3.63) is 59.6 Å². The normalized spacial score (nSPS) is 22.5. The third-order valence-corrected chi connectivity index (χ3v) is 8.05. The number of anilines is 2. The number of piperidine rings is 1. The van der Waals surface area contributed by atoms with E-state index in [2.05, 4.69) is 37.1 Å². The Labute approximate surface area is 232 Å². The van der Waals surface area contributed by atoms with E-state index in [1.807, 2.05) is 25.7 Å². The molecule has 3 atom stereocenters. The largest absolute Gasteiger partial charge is 0.481 e. The van der Waals surface area contributed by atoms with Crippen LogP contribution in [0.15, 0.2) is 47.5 Å². The molecule has 2 aromatic heterocycles. The van der Waals surface area contributed by atoms with E-state index in [0.717, 1.165) is 44.5 Å². The Morgan fingerprint density at radius 3 is 2.55 bits per heavy atom. The van der Waals surface area contributed by atoms with Crippen LogP contribution in [0.1, 0.15) is 57.7 Å². The fraction of sp³-hybridized carbons (Fsp3) is 0.483. The van der Waals surface area contributed by atoms with Gasteiger partial charge in [0.1, 0.15) is 23.4 Å². The fourth-order valence-electron chi connectivity index (χ4n) is 6.07. The van der Waals surface area contributed by atoms with Crippen LogP contribution in [0.2, 0.25) is 0 Å². The van der Waals surface area contributed by atoms with E-state index in [4.69, 9.17) is 0 Å². The van der Waals surface area contributed by atoms with Gasteiger partial charge in [-0.3, -0.25) is 9.79 Å². The predicted molar refractivity (Wildman–Crippen MR) is 150 cm³/mol. The molecule has 9 nitrogen and oxygen atoms in total. The number of hydrogen-bond acceptors (Lipinski definition) is 8. The fourth-order valence-corrected chi connectivity index (χ4v) is 6.07. The zero-order valence-corrected chi connectivity index (χ0v) is 23.2. The van der Waals surface area contributed by atoms with E-state index in [1.54, 1.807) is 24.4 Å². The van der Waals surface area contributed by atoms with Crippen molar-refractivity contribution in [1.29, 1.82) is 0 Å². The maximum Gasteiger partial charge on any atom is 0.311 e. The van der Waals surface area contributed by atoms with Gasteiger partial charge in [0, 0.05) is 17.8 Å². The number of allylic oxidation sites excluding steroid dienone is 2. The second kappa shape index (κ2) is 11.4. The third kappa shape index (κ3) is 5.47. The van der Waals surface area contributed by atoms with Gasteiger partial charge in [0.2, 0.25) is 5.95 Å². The Kier molecular flexibility index (Phi) is 7.93. The average molecular weight is 552 g/mol. The van der Waals surface area contributed by atoms with E-state index >= 15 is 4.39 Å². The summed E-state index contributed by atoms with van der Waals surface area (Å²) in [6.07, 6.45) is 7.32. The van der Waals surface area contributed by atoms with Crippen LogP contribution >= 0.6 is 0 Å². The van der Waals surface area contributed by atoms with Crippen molar-refractivity contribution in [2.75, 3.05) is 25.0 Å². The second-order valence-electron chi connectivity index (χ2n) is 10.8. The smallest absolute Gasteiger partial charge is 0.311 e. The summed E-state index contributed by atoms with van der Waals surface area (Å²) in [6, 6.07) is 2.49. The highest BCUT2D eigenvalue weighted by Crippen LogP contribution is 2.36. The number of aliphatic imine (C=N–C) groups is 1. The number of hydrogen-bond donors (Lipinski definition) is 2. The molecule has 0 aromatic carbocycles. The lowest BCUT2D eigenvalue weighted by Crippen LogP contribution is -2.43. The third-order valence-electron chi connectivity index (χ3n) is 8.05. The molecule has 4 heterocycles. The molecule has 11 heteroatoms. The minimum Gasteiger partial charge on any atom is -0.481 e. The first kappa shape index (κ1) is 27.8. The van der Waals surface area contributed by atoms with Crippen molar-refractivity contribution in [2.45, 2.75) is 64.6 Å². The Hall–Kier alpha value is -3.73. The van der Waals surface area contributed by atoms with E-state index in [0.29, 0.717) is 17.0 Å². The lowest BCUT2D eigenvalue weighted by atomic mass is 9.80. The molecule has 0 spiro atoms. The van der Waals surface area contributed by atoms with Crippen molar-refractivity contribution in [2.24, 2.45) is 10.9 Å². The number of carboxylic acids is 1. The van der Waals surface area contributed by atoms with Crippen LogP contribution in [0.5, 0.6) is 0 Å². The number of halogens is 2. The molecule has 3 aliphatic rings. The Morgan fingerprint density at radius 1 is 1.18 bits per heavy atom. The number of fused-ring (bicyclic) bond motifs is 1. The molecular formula is C29H35F2N7O2. The number of amidine groups is 1. The van der Waals surface area contributed by atoms with Gasteiger partial charge >= 0.3 is 5.97 Å². The highest BCUT2D eigenvalue weighted by Gasteiger charge is 2.40. The van der Waals surface area contributed by atoms with Crippen LogP contribution in [0.3, 0.4) is 0 Å². The van der Waals surface area contributed by atoms with Gasteiger partial charge in [0.15, 0.2) is 5.82 Å². The van der Waals surface area contributed by atoms with Gasteiger partial charge in [0.25, 0.3) is 0 Å². The van der Waals surface area contributed by atoms with Crippen molar-refractivity contribution in [1.82, 2.24) is 24.8 Å². The summed E-state index contributed by atoms with van der Waals surface area (Å²) < 4.78 is 29.9. The molecular weight excluding hydrogens is 516 g/mol. The molecule has 2 N–H and O–H groups in total. The zero-order valence-electron chi connectivity index (χ0n) is 23.2. The van der Waals surface area contributed by atoms with Gasteiger partial charge in [-0.05, 0) is 82.9 Å².